The molecule has 0 N–H and O–H groups in total. The Morgan fingerprint density at radius 1 is 0.882 bits per heavy atom. The Labute approximate surface area is 198 Å². The zero-order chi connectivity index (χ0) is 23.4. The van der Waals surface area contributed by atoms with E-state index in [0.29, 0.717) is 28.6 Å². The third-order valence-electron chi connectivity index (χ3n) is 7.10. The third-order valence-corrected chi connectivity index (χ3v) is 7.10. The highest BCUT2D eigenvalue weighted by Gasteiger charge is 2.26. The number of aromatic nitrogens is 5. The van der Waals surface area contributed by atoms with E-state index in [1.165, 1.54) is 6.42 Å². The predicted octanol–water partition coefficient (Wildman–Crippen LogP) is 5.97. The van der Waals surface area contributed by atoms with E-state index in [1.807, 2.05) is 33.4 Å². The number of hydrogen-bond acceptors (Lipinski definition) is 4. The van der Waals surface area contributed by atoms with Crippen molar-refractivity contribution in [1.82, 2.24) is 24.1 Å². The summed E-state index contributed by atoms with van der Waals surface area (Å²) in [5, 5.41) is 0.579. The normalized spacial score (nSPS) is 15.0. The van der Waals surface area contributed by atoms with Gasteiger partial charge in [0.25, 0.3) is 5.56 Å². The van der Waals surface area contributed by atoms with E-state index in [-0.39, 0.29) is 11.6 Å². The van der Waals surface area contributed by atoms with Crippen LogP contribution in [0.25, 0.3) is 38.9 Å². The molecule has 6 heteroatoms. The van der Waals surface area contributed by atoms with Crippen LogP contribution in [0.3, 0.4) is 0 Å². The number of aryl methyl sites for hydroxylation is 3. The number of fused-ring (bicyclic) bond motifs is 4. The van der Waals surface area contributed by atoms with Crippen molar-refractivity contribution < 1.29 is 0 Å². The lowest BCUT2D eigenvalue weighted by atomic mass is 9.95. The maximum atomic E-state index is 14.2. The second-order valence-corrected chi connectivity index (χ2v) is 9.61. The highest BCUT2D eigenvalue weighted by Crippen LogP contribution is 2.32. The van der Waals surface area contributed by atoms with Gasteiger partial charge in [0.1, 0.15) is 16.7 Å². The van der Waals surface area contributed by atoms with Crippen LogP contribution >= 0.6 is 0 Å². The molecular weight excluding hydrogens is 422 g/mol. The van der Waals surface area contributed by atoms with E-state index in [1.54, 1.807) is 0 Å². The number of nitrogens with zero attached hydrogens (tertiary/aromatic N) is 5. The van der Waals surface area contributed by atoms with Gasteiger partial charge in [0, 0.05) is 18.2 Å². The van der Waals surface area contributed by atoms with Gasteiger partial charge in [-0.3, -0.25) is 13.9 Å². The van der Waals surface area contributed by atoms with E-state index in [9.17, 15) is 4.79 Å². The fourth-order valence-corrected chi connectivity index (χ4v) is 5.64. The Kier molecular flexibility index (Phi) is 4.97. The number of hydrogen-bond donors (Lipinski definition) is 0. The molecule has 3 aromatic heterocycles. The molecule has 1 aliphatic rings. The molecule has 0 amide bonds. The minimum absolute atomic E-state index is 0.0199. The van der Waals surface area contributed by atoms with E-state index >= 15 is 0 Å². The van der Waals surface area contributed by atoms with Crippen molar-refractivity contribution in [2.24, 2.45) is 0 Å². The molecule has 0 aliphatic heterocycles. The molecule has 5 aromatic rings. The summed E-state index contributed by atoms with van der Waals surface area (Å²) in [6.07, 6.45) is 6.33. The second-order valence-electron chi connectivity index (χ2n) is 9.61. The molecule has 0 spiro atoms. The molecule has 0 atom stereocenters. The molecule has 172 valence electrons. The standard InChI is InChI=1S/C28H29N5O/c1-4-23-31-26-24(28(34)32(23)19-10-6-5-7-11-19)25-27(30-22-13-9-8-12-21(22)29-25)33(26)20-15-17(2)14-18(3)16-20/h8-9,12-16,19H,4-7,10-11H2,1-3H3. The summed E-state index contributed by atoms with van der Waals surface area (Å²) in [5.41, 5.74) is 6.88. The quantitative estimate of drug-likeness (QED) is 0.339. The van der Waals surface area contributed by atoms with Crippen LogP contribution in [-0.2, 0) is 6.42 Å². The van der Waals surface area contributed by atoms with Crippen molar-refractivity contribution in [3.63, 3.8) is 0 Å². The smallest absolute Gasteiger partial charge is 0.265 e. The van der Waals surface area contributed by atoms with Crippen LogP contribution in [0.4, 0.5) is 0 Å². The van der Waals surface area contributed by atoms with Gasteiger partial charge >= 0.3 is 0 Å². The molecule has 0 unspecified atom stereocenters. The lowest BCUT2D eigenvalue weighted by molar-refractivity contribution is 0.337. The Morgan fingerprint density at radius 3 is 2.24 bits per heavy atom. The van der Waals surface area contributed by atoms with E-state index in [4.69, 9.17) is 15.0 Å². The molecule has 3 heterocycles. The first-order valence-corrected chi connectivity index (χ1v) is 12.4. The van der Waals surface area contributed by atoms with Gasteiger partial charge in [-0.1, -0.05) is 44.4 Å². The van der Waals surface area contributed by atoms with Gasteiger partial charge in [0.2, 0.25) is 0 Å². The fraction of sp³-hybridized carbons (Fsp3) is 0.357. The molecule has 1 saturated carbocycles. The zero-order valence-corrected chi connectivity index (χ0v) is 20.0. The molecular formula is C28H29N5O. The maximum absolute atomic E-state index is 14.2. The summed E-state index contributed by atoms with van der Waals surface area (Å²) in [5.74, 6) is 0.849. The Balaban J connectivity index is 1.79. The van der Waals surface area contributed by atoms with Gasteiger partial charge < -0.3 is 0 Å². The van der Waals surface area contributed by atoms with Gasteiger partial charge in [0.05, 0.1) is 11.0 Å². The molecule has 6 nitrogen and oxygen atoms in total. The Hall–Kier alpha value is -3.54. The summed E-state index contributed by atoms with van der Waals surface area (Å²) in [6.45, 7) is 6.26. The molecule has 1 aliphatic carbocycles. The van der Waals surface area contributed by atoms with Crippen molar-refractivity contribution in [1.29, 1.82) is 0 Å². The van der Waals surface area contributed by atoms with Crippen LogP contribution in [0.2, 0.25) is 0 Å². The van der Waals surface area contributed by atoms with Gasteiger partial charge in [0.15, 0.2) is 11.3 Å². The summed E-state index contributed by atoms with van der Waals surface area (Å²) in [4.78, 5) is 29.3. The molecule has 34 heavy (non-hydrogen) atoms. The van der Waals surface area contributed by atoms with Crippen molar-refractivity contribution in [3.8, 4) is 5.69 Å². The van der Waals surface area contributed by atoms with Crippen molar-refractivity contribution in [3.05, 3.63) is 69.8 Å². The number of benzene rings is 2. The van der Waals surface area contributed by atoms with Crippen LogP contribution in [0, 0.1) is 13.8 Å². The van der Waals surface area contributed by atoms with Gasteiger partial charge in [-0.15, -0.1) is 0 Å². The summed E-state index contributed by atoms with van der Waals surface area (Å²) < 4.78 is 4.01. The number of rotatable bonds is 3. The van der Waals surface area contributed by atoms with Crippen LogP contribution < -0.4 is 5.56 Å². The highest BCUT2D eigenvalue weighted by atomic mass is 16.1. The Morgan fingerprint density at radius 2 is 1.56 bits per heavy atom. The predicted molar refractivity (Wildman–Crippen MR) is 137 cm³/mol. The zero-order valence-electron chi connectivity index (χ0n) is 20.0. The fourth-order valence-electron chi connectivity index (χ4n) is 5.64. The Bertz CT molecular complexity index is 1600. The second kappa shape index (κ2) is 8.05. The van der Waals surface area contributed by atoms with Crippen molar-refractivity contribution in [2.75, 3.05) is 0 Å². The van der Waals surface area contributed by atoms with Crippen LogP contribution in [0.15, 0.2) is 47.3 Å². The van der Waals surface area contributed by atoms with Gasteiger partial charge in [-0.2, -0.15) is 0 Å². The van der Waals surface area contributed by atoms with Crippen LogP contribution in [-0.4, -0.2) is 24.1 Å². The maximum Gasteiger partial charge on any atom is 0.265 e. The molecule has 2 aromatic carbocycles. The lowest BCUT2D eigenvalue weighted by Crippen LogP contribution is -2.30. The van der Waals surface area contributed by atoms with Gasteiger partial charge in [-0.05, 0) is 62.1 Å². The third kappa shape index (κ3) is 3.23. The average molecular weight is 452 g/mol. The molecule has 6 rings (SSSR count). The van der Waals surface area contributed by atoms with E-state index in [0.717, 1.165) is 59.4 Å². The largest absolute Gasteiger partial charge is 0.293 e. The SMILES string of the molecule is CCc1nc2c(c(=O)n1C1CCCCC1)c1nc3ccccc3nc1n2-c1cc(C)cc(C)c1. The first-order chi connectivity index (χ1) is 16.5. The van der Waals surface area contributed by atoms with E-state index in [2.05, 4.69) is 39.0 Å². The lowest BCUT2D eigenvalue weighted by Gasteiger charge is -2.26. The minimum atomic E-state index is 0.0199. The average Bonchev–Trinajstić information content (AvgIpc) is 3.15. The molecule has 0 bridgehead atoms. The summed E-state index contributed by atoms with van der Waals surface area (Å²) in [7, 11) is 0. The summed E-state index contributed by atoms with van der Waals surface area (Å²) >= 11 is 0. The topological polar surface area (TPSA) is 65.6 Å². The molecule has 0 radical (unpaired) electrons. The molecule has 1 fully saturated rings. The van der Waals surface area contributed by atoms with Crippen LogP contribution in [0.5, 0.6) is 0 Å². The van der Waals surface area contributed by atoms with E-state index < -0.39 is 0 Å². The first-order valence-electron chi connectivity index (χ1n) is 12.4. The highest BCUT2D eigenvalue weighted by molar-refractivity contribution is 6.05. The van der Waals surface area contributed by atoms with Crippen LogP contribution in [0.1, 0.15) is 62.0 Å². The van der Waals surface area contributed by atoms with Crippen molar-refractivity contribution >= 4 is 33.2 Å². The summed E-state index contributed by atoms with van der Waals surface area (Å²) in [6, 6.07) is 14.5. The monoisotopic (exact) mass is 451 g/mol. The molecule has 0 saturated heterocycles. The minimum Gasteiger partial charge on any atom is -0.293 e. The van der Waals surface area contributed by atoms with Crippen molar-refractivity contribution in [2.45, 2.75) is 65.3 Å². The first kappa shape index (κ1) is 21.0. The van der Waals surface area contributed by atoms with Gasteiger partial charge in [-0.25, -0.2) is 15.0 Å². The number of para-hydroxylation sites is 2.